The summed E-state index contributed by atoms with van der Waals surface area (Å²) in [5, 5.41) is 0. The summed E-state index contributed by atoms with van der Waals surface area (Å²) >= 11 is 0. The Kier molecular flexibility index (Phi) is 5.08. The monoisotopic (exact) mass is 281 g/mol. The van der Waals surface area contributed by atoms with E-state index in [2.05, 4.69) is 42.5 Å². The number of nitrogens with zero attached hydrogens (tertiary/aromatic N) is 3. The van der Waals surface area contributed by atoms with E-state index in [0.29, 0.717) is 5.91 Å². The Hall–Kier alpha value is -0.610. The molecule has 0 aromatic rings. The van der Waals surface area contributed by atoms with Crippen LogP contribution in [0.15, 0.2) is 0 Å². The van der Waals surface area contributed by atoms with Crippen molar-refractivity contribution in [3.63, 3.8) is 0 Å². The normalized spacial score (nSPS) is 24.1. The van der Waals surface area contributed by atoms with Gasteiger partial charge in [-0.2, -0.15) is 0 Å². The number of likely N-dealkylation sites (N-methyl/N-ethyl adjacent to an activating group) is 1. The van der Waals surface area contributed by atoms with Crippen LogP contribution in [0.5, 0.6) is 0 Å². The Bertz CT molecular complexity index is 327. The van der Waals surface area contributed by atoms with Gasteiger partial charge in [-0.05, 0) is 53.2 Å². The van der Waals surface area contributed by atoms with Gasteiger partial charge in [-0.3, -0.25) is 9.69 Å². The summed E-state index contributed by atoms with van der Waals surface area (Å²) in [7, 11) is 2.13. The maximum absolute atomic E-state index is 12.6. The fourth-order valence-electron chi connectivity index (χ4n) is 3.24. The molecular formula is C16H31N3O. The fourth-order valence-corrected chi connectivity index (χ4v) is 3.24. The third-order valence-corrected chi connectivity index (χ3v) is 5.38. The van der Waals surface area contributed by atoms with Crippen molar-refractivity contribution in [1.29, 1.82) is 0 Å². The van der Waals surface area contributed by atoms with Gasteiger partial charge in [0.15, 0.2) is 0 Å². The molecule has 4 heteroatoms. The molecule has 2 rings (SSSR count). The Morgan fingerprint density at radius 2 is 1.60 bits per heavy atom. The number of carbonyl (C=O) groups excluding carboxylic acids is 1. The molecule has 2 fully saturated rings. The minimum Gasteiger partial charge on any atom is -0.340 e. The van der Waals surface area contributed by atoms with Gasteiger partial charge in [0.2, 0.25) is 5.91 Å². The smallest absolute Gasteiger partial charge is 0.225 e. The van der Waals surface area contributed by atoms with Crippen molar-refractivity contribution in [1.82, 2.24) is 14.7 Å². The fraction of sp³-hybridized carbons (Fsp3) is 0.938. The van der Waals surface area contributed by atoms with E-state index in [1.807, 2.05) is 0 Å². The molecule has 1 amide bonds. The van der Waals surface area contributed by atoms with Gasteiger partial charge in [0.1, 0.15) is 0 Å². The quantitative estimate of drug-likeness (QED) is 0.787. The van der Waals surface area contributed by atoms with Crippen LogP contribution in [0.3, 0.4) is 0 Å². The van der Waals surface area contributed by atoms with Crippen LogP contribution in [0.4, 0.5) is 0 Å². The molecule has 0 radical (unpaired) electrons. The average Bonchev–Trinajstić information content (AvgIpc) is 2.47. The molecule has 2 aliphatic rings. The summed E-state index contributed by atoms with van der Waals surface area (Å²) in [5.41, 5.74) is 0.280. The van der Waals surface area contributed by atoms with Crippen molar-refractivity contribution in [2.24, 2.45) is 5.92 Å². The lowest BCUT2D eigenvalue weighted by molar-refractivity contribution is -0.139. The molecule has 0 aromatic heterocycles. The van der Waals surface area contributed by atoms with Gasteiger partial charge in [-0.15, -0.1) is 0 Å². The number of piperazine rings is 1. The van der Waals surface area contributed by atoms with Crippen LogP contribution in [0, 0.1) is 5.92 Å². The van der Waals surface area contributed by atoms with E-state index in [1.165, 1.54) is 6.42 Å². The molecule has 2 saturated heterocycles. The lowest BCUT2D eigenvalue weighted by Crippen LogP contribution is -2.52. The van der Waals surface area contributed by atoms with Gasteiger partial charge in [-0.25, -0.2) is 0 Å². The number of likely N-dealkylation sites (tertiary alicyclic amines) is 1. The van der Waals surface area contributed by atoms with Crippen LogP contribution >= 0.6 is 0 Å². The molecule has 0 N–H and O–H groups in total. The maximum atomic E-state index is 12.6. The van der Waals surface area contributed by atoms with Crippen molar-refractivity contribution < 1.29 is 4.79 Å². The van der Waals surface area contributed by atoms with Gasteiger partial charge in [-0.1, -0.05) is 6.92 Å². The second-order valence-electron chi connectivity index (χ2n) is 7.06. The number of carbonyl (C=O) groups is 1. The highest BCUT2D eigenvalue weighted by Crippen LogP contribution is 2.27. The van der Waals surface area contributed by atoms with Crippen LogP contribution < -0.4 is 0 Å². The molecule has 0 aromatic carbocycles. The minimum atomic E-state index is 0.266. The van der Waals surface area contributed by atoms with Gasteiger partial charge >= 0.3 is 0 Å². The maximum Gasteiger partial charge on any atom is 0.225 e. The van der Waals surface area contributed by atoms with Crippen LogP contribution in [0.25, 0.3) is 0 Å². The zero-order valence-corrected chi connectivity index (χ0v) is 13.7. The summed E-state index contributed by atoms with van der Waals surface area (Å²) < 4.78 is 0. The first kappa shape index (κ1) is 15.8. The van der Waals surface area contributed by atoms with E-state index >= 15 is 0 Å². The summed E-state index contributed by atoms with van der Waals surface area (Å²) in [6, 6.07) is 0. The molecule has 0 aliphatic carbocycles. The van der Waals surface area contributed by atoms with E-state index in [9.17, 15) is 4.79 Å². The molecular weight excluding hydrogens is 250 g/mol. The van der Waals surface area contributed by atoms with Crippen molar-refractivity contribution in [3.8, 4) is 0 Å². The summed E-state index contributed by atoms with van der Waals surface area (Å²) in [4.78, 5) is 19.5. The Morgan fingerprint density at radius 1 is 1.05 bits per heavy atom. The zero-order valence-electron chi connectivity index (χ0n) is 13.7. The molecule has 0 bridgehead atoms. The van der Waals surface area contributed by atoms with Crippen molar-refractivity contribution in [2.45, 2.75) is 45.6 Å². The molecule has 2 aliphatic heterocycles. The van der Waals surface area contributed by atoms with E-state index < -0.39 is 0 Å². The Balaban J connectivity index is 1.83. The first-order chi connectivity index (χ1) is 9.44. The van der Waals surface area contributed by atoms with Gasteiger partial charge in [0.25, 0.3) is 0 Å². The summed E-state index contributed by atoms with van der Waals surface area (Å²) in [6.07, 6.45) is 3.24. The van der Waals surface area contributed by atoms with Gasteiger partial charge in [0.05, 0.1) is 0 Å². The second kappa shape index (κ2) is 6.44. The van der Waals surface area contributed by atoms with E-state index in [1.54, 1.807) is 0 Å². The summed E-state index contributed by atoms with van der Waals surface area (Å²) in [5.74, 6) is 0.675. The molecule has 4 nitrogen and oxygen atoms in total. The lowest BCUT2D eigenvalue weighted by atomic mass is 9.90. The highest BCUT2D eigenvalue weighted by molar-refractivity contribution is 5.79. The van der Waals surface area contributed by atoms with Crippen molar-refractivity contribution in [2.75, 3.05) is 46.3 Å². The third kappa shape index (κ3) is 3.53. The SMILES string of the molecule is CCC(C)(C)N1CCC(C(=O)N2CCN(C)CC2)CC1. The predicted octanol–water partition coefficient (Wildman–Crippen LogP) is 1.66. The first-order valence-electron chi connectivity index (χ1n) is 8.16. The molecule has 0 saturated carbocycles. The topological polar surface area (TPSA) is 26.8 Å². The average molecular weight is 281 g/mol. The van der Waals surface area contributed by atoms with Crippen LogP contribution in [0.2, 0.25) is 0 Å². The van der Waals surface area contributed by atoms with Gasteiger partial charge < -0.3 is 9.80 Å². The van der Waals surface area contributed by atoms with Crippen LogP contribution in [-0.4, -0.2) is 72.5 Å². The molecule has 0 atom stereocenters. The van der Waals surface area contributed by atoms with Gasteiger partial charge in [0, 0.05) is 37.6 Å². The van der Waals surface area contributed by atoms with E-state index in [-0.39, 0.29) is 11.5 Å². The predicted molar refractivity (Wildman–Crippen MR) is 82.7 cm³/mol. The summed E-state index contributed by atoms with van der Waals surface area (Å²) in [6.45, 7) is 12.9. The standard InChI is InChI=1S/C16H31N3O/c1-5-16(2,3)19-8-6-14(7-9-19)15(20)18-12-10-17(4)11-13-18/h14H,5-13H2,1-4H3. The third-order valence-electron chi connectivity index (χ3n) is 5.38. The number of rotatable bonds is 3. The molecule has 116 valence electrons. The largest absolute Gasteiger partial charge is 0.340 e. The molecule has 0 spiro atoms. The Labute approximate surface area is 124 Å². The van der Waals surface area contributed by atoms with Crippen molar-refractivity contribution in [3.05, 3.63) is 0 Å². The van der Waals surface area contributed by atoms with Crippen LogP contribution in [0.1, 0.15) is 40.0 Å². The van der Waals surface area contributed by atoms with Crippen molar-refractivity contribution >= 4 is 5.91 Å². The van der Waals surface area contributed by atoms with Crippen LogP contribution in [-0.2, 0) is 4.79 Å². The number of amides is 1. The highest BCUT2D eigenvalue weighted by atomic mass is 16.2. The molecule has 20 heavy (non-hydrogen) atoms. The highest BCUT2D eigenvalue weighted by Gasteiger charge is 2.33. The zero-order chi connectivity index (χ0) is 14.8. The van der Waals surface area contributed by atoms with E-state index in [0.717, 1.165) is 52.1 Å². The lowest BCUT2D eigenvalue weighted by Gasteiger charge is -2.43. The second-order valence-corrected chi connectivity index (χ2v) is 7.06. The van der Waals surface area contributed by atoms with E-state index in [4.69, 9.17) is 0 Å². The number of hydrogen-bond acceptors (Lipinski definition) is 3. The number of hydrogen-bond donors (Lipinski definition) is 0. The Morgan fingerprint density at radius 3 is 2.10 bits per heavy atom. The molecule has 2 heterocycles. The minimum absolute atomic E-state index is 0.266. The molecule has 0 unspecified atom stereocenters. The number of piperidine rings is 1. The first-order valence-corrected chi connectivity index (χ1v) is 8.16.